The maximum Gasteiger partial charge on any atom is 0.205 e. The van der Waals surface area contributed by atoms with Gasteiger partial charge in [0.15, 0.2) is 0 Å². The van der Waals surface area contributed by atoms with Gasteiger partial charge in [0.25, 0.3) is 0 Å². The molecule has 0 aliphatic heterocycles. The van der Waals surface area contributed by atoms with Gasteiger partial charge in [-0.25, -0.2) is 4.98 Å². The standard InChI is InChI=1S/C14H11BrClN3O/c1-20-8-5-6-10-12(7-8)19(14(17)18-10)11-4-2-3-9(16)13(11)15/h2-7H,1H3,(H2,17,18). The minimum absolute atomic E-state index is 0.399. The molecule has 0 radical (unpaired) electrons. The Bertz CT molecular complexity index is 800. The highest BCUT2D eigenvalue weighted by molar-refractivity contribution is 9.10. The van der Waals surface area contributed by atoms with Crippen LogP contribution in [0.5, 0.6) is 5.75 Å². The van der Waals surface area contributed by atoms with E-state index in [0.717, 1.165) is 26.9 Å². The molecule has 2 N–H and O–H groups in total. The van der Waals surface area contributed by atoms with Crippen molar-refractivity contribution < 1.29 is 4.74 Å². The predicted octanol–water partition coefficient (Wildman–Crippen LogP) is 4.03. The minimum atomic E-state index is 0.399. The summed E-state index contributed by atoms with van der Waals surface area (Å²) in [5.74, 6) is 1.15. The lowest BCUT2D eigenvalue weighted by Gasteiger charge is -2.10. The van der Waals surface area contributed by atoms with Gasteiger partial charge in [0, 0.05) is 6.07 Å². The van der Waals surface area contributed by atoms with Gasteiger partial charge in [-0.1, -0.05) is 17.7 Å². The number of ether oxygens (including phenoxy) is 1. The molecule has 20 heavy (non-hydrogen) atoms. The van der Waals surface area contributed by atoms with E-state index in [1.807, 2.05) is 41.0 Å². The molecule has 102 valence electrons. The van der Waals surface area contributed by atoms with E-state index in [1.54, 1.807) is 7.11 Å². The molecule has 3 aromatic rings. The van der Waals surface area contributed by atoms with E-state index >= 15 is 0 Å². The Labute approximate surface area is 129 Å². The molecule has 3 rings (SSSR count). The van der Waals surface area contributed by atoms with E-state index < -0.39 is 0 Å². The first-order valence-electron chi connectivity index (χ1n) is 5.88. The van der Waals surface area contributed by atoms with Crippen molar-refractivity contribution in [1.82, 2.24) is 9.55 Å². The maximum absolute atomic E-state index is 6.15. The Hall–Kier alpha value is -1.72. The number of hydrogen-bond donors (Lipinski definition) is 1. The second kappa shape index (κ2) is 5.00. The molecule has 6 heteroatoms. The van der Waals surface area contributed by atoms with E-state index in [9.17, 15) is 0 Å². The number of hydrogen-bond acceptors (Lipinski definition) is 3. The Morgan fingerprint density at radius 2 is 2.10 bits per heavy atom. The van der Waals surface area contributed by atoms with Gasteiger partial charge >= 0.3 is 0 Å². The monoisotopic (exact) mass is 351 g/mol. The fourth-order valence-corrected chi connectivity index (χ4v) is 2.73. The van der Waals surface area contributed by atoms with Gasteiger partial charge < -0.3 is 10.5 Å². The molecule has 0 aliphatic carbocycles. The Kier molecular flexibility index (Phi) is 3.31. The lowest BCUT2D eigenvalue weighted by molar-refractivity contribution is 0.415. The molecule has 2 aromatic carbocycles. The van der Waals surface area contributed by atoms with Crippen LogP contribution in [0.1, 0.15) is 0 Å². The number of imidazole rings is 1. The fraction of sp³-hybridized carbons (Fsp3) is 0.0714. The Morgan fingerprint density at radius 3 is 2.85 bits per heavy atom. The molecule has 0 bridgehead atoms. The van der Waals surface area contributed by atoms with Crippen LogP contribution < -0.4 is 10.5 Å². The normalized spacial score (nSPS) is 10.9. The SMILES string of the molecule is COc1ccc2nc(N)n(-c3cccc(Cl)c3Br)c2c1. The number of benzene rings is 2. The van der Waals surface area contributed by atoms with Crippen LogP contribution in [0.2, 0.25) is 5.02 Å². The number of nitrogen functional groups attached to an aromatic ring is 1. The Balaban J connectivity index is 2.35. The minimum Gasteiger partial charge on any atom is -0.497 e. The number of methoxy groups -OCH3 is 1. The highest BCUT2D eigenvalue weighted by Crippen LogP contribution is 2.33. The Morgan fingerprint density at radius 1 is 1.30 bits per heavy atom. The highest BCUT2D eigenvalue weighted by Gasteiger charge is 2.14. The van der Waals surface area contributed by atoms with Crippen LogP contribution in [0.25, 0.3) is 16.7 Å². The molecule has 0 aliphatic rings. The van der Waals surface area contributed by atoms with Gasteiger partial charge in [-0.3, -0.25) is 4.57 Å². The van der Waals surface area contributed by atoms with E-state index in [2.05, 4.69) is 20.9 Å². The van der Waals surface area contributed by atoms with E-state index in [0.29, 0.717) is 11.0 Å². The number of nitrogens with two attached hydrogens (primary N) is 1. The largest absolute Gasteiger partial charge is 0.497 e. The van der Waals surface area contributed by atoms with Crippen LogP contribution >= 0.6 is 27.5 Å². The van der Waals surface area contributed by atoms with Crippen LogP contribution in [-0.4, -0.2) is 16.7 Å². The first kappa shape index (κ1) is 13.3. The van der Waals surface area contributed by atoms with Crippen molar-refractivity contribution in [3.05, 3.63) is 45.9 Å². The van der Waals surface area contributed by atoms with Gasteiger partial charge in [0.1, 0.15) is 5.75 Å². The maximum atomic E-state index is 6.15. The van der Waals surface area contributed by atoms with Crippen molar-refractivity contribution in [2.45, 2.75) is 0 Å². The zero-order valence-electron chi connectivity index (χ0n) is 10.6. The first-order valence-corrected chi connectivity index (χ1v) is 7.05. The van der Waals surface area contributed by atoms with E-state index in [1.165, 1.54) is 0 Å². The fourth-order valence-electron chi connectivity index (χ4n) is 2.12. The molecule has 0 saturated heterocycles. The molecule has 0 spiro atoms. The van der Waals surface area contributed by atoms with Gasteiger partial charge in [0.05, 0.1) is 33.3 Å². The van der Waals surface area contributed by atoms with Crippen molar-refractivity contribution in [2.75, 3.05) is 12.8 Å². The summed E-state index contributed by atoms with van der Waals surface area (Å²) in [7, 11) is 1.63. The zero-order chi connectivity index (χ0) is 14.3. The summed E-state index contributed by atoms with van der Waals surface area (Å²) >= 11 is 9.64. The number of rotatable bonds is 2. The van der Waals surface area contributed by atoms with Gasteiger partial charge in [-0.15, -0.1) is 0 Å². The molecule has 0 saturated carbocycles. The average molecular weight is 353 g/mol. The molecular weight excluding hydrogens is 342 g/mol. The summed E-state index contributed by atoms with van der Waals surface area (Å²) in [6.07, 6.45) is 0. The smallest absolute Gasteiger partial charge is 0.205 e. The molecule has 0 atom stereocenters. The zero-order valence-corrected chi connectivity index (χ0v) is 12.9. The lowest BCUT2D eigenvalue weighted by atomic mass is 10.2. The third kappa shape index (κ3) is 2.03. The summed E-state index contributed by atoms with van der Waals surface area (Å²) in [4.78, 5) is 4.36. The van der Waals surface area contributed by atoms with Crippen LogP contribution in [0.15, 0.2) is 40.9 Å². The molecule has 0 fully saturated rings. The number of anilines is 1. The van der Waals surface area contributed by atoms with Crippen molar-refractivity contribution >= 4 is 44.5 Å². The van der Waals surface area contributed by atoms with Crippen LogP contribution in [-0.2, 0) is 0 Å². The molecule has 0 unspecified atom stereocenters. The molecule has 0 amide bonds. The van der Waals surface area contributed by atoms with Crippen LogP contribution in [0.4, 0.5) is 5.95 Å². The quantitative estimate of drug-likeness (QED) is 0.757. The molecular formula is C14H11BrClN3O. The summed E-state index contributed by atoms with van der Waals surface area (Å²) in [6, 6.07) is 11.2. The van der Waals surface area contributed by atoms with Crippen molar-refractivity contribution in [1.29, 1.82) is 0 Å². The summed E-state index contributed by atoms with van der Waals surface area (Å²) in [6.45, 7) is 0. The second-order valence-electron chi connectivity index (χ2n) is 4.23. The van der Waals surface area contributed by atoms with Gasteiger partial charge in [0.2, 0.25) is 5.95 Å². The second-order valence-corrected chi connectivity index (χ2v) is 5.43. The predicted molar refractivity (Wildman–Crippen MR) is 84.7 cm³/mol. The number of halogens is 2. The number of nitrogens with zero attached hydrogens (tertiary/aromatic N) is 2. The summed E-state index contributed by atoms with van der Waals surface area (Å²) in [5.41, 5.74) is 8.55. The van der Waals surface area contributed by atoms with Crippen molar-refractivity contribution in [3.63, 3.8) is 0 Å². The van der Waals surface area contributed by atoms with Crippen LogP contribution in [0.3, 0.4) is 0 Å². The van der Waals surface area contributed by atoms with Gasteiger partial charge in [-0.05, 0) is 40.2 Å². The lowest BCUT2D eigenvalue weighted by Crippen LogP contribution is -2.01. The number of fused-ring (bicyclic) bond motifs is 1. The third-order valence-corrected chi connectivity index (χ3v) is 4.44. The summed E-state index contributed by atoms with van der Waals surface area (Å²) in [5, 5.41) is 0.617. The highest BCUT2D eigenvalue weighted by atomic mass is 79.9. The van der Waals surface area contributed by atoms with E-state index in [4.69, 9.17) is 22.1 Å². The van der Waals surface area contributed by atoms with Gasteiger partial charge in [-0.2, -0.15) is 0 Å². The summed E-state index contributed by atoms with van der Waals surface area (Å²) < 4.78 is 7.87. The first-order chi connectivity index (χ1) is 9.61. The van der Waals surface area contributed by atoms with Crippen molar-refractivity contribution in [2.24, 2.45) is 0 Å². The van der Waals surface area contributed by atoms with Crippen molar-refractivity contribution in [3.8, 4) is 11.4 Å². The van der Waals surface area contributed by atoms with E-state index in [-0.39, 0.29) is 0 Å². The average Bonchev–Trinajstić information content (AvgIpc) is 2.77. The molecule has 4 nitrogen and oxygen atoms in total. The topological polar surface area (TPSA) is 53.1 Å². The molecule has 1 heterocycles. The molecule has 1 aromatic heterocycles. The number of aromatic nitrogens is 2. The van der Waals surface area contributed by atoms with Crippen LogP contribution in [0, 0.1) is 0 Å². The third-order valence-electron chi connectivity index (χ3n) is 3.06.